The molecule has 0 heterocycles. The Morgan fingerprint density at radius 2 is 1.27 bits per heavy atom. The summed E-state index contributed by atoms with van der Waals surface area (Å²) in [6.45, 7) is 12.3. The minimum atomic E-state index is -0.0757. The Morgan fingerprint density at radius 1 is 0.818 bits per heavy atom. The topological polar surface area (TPSA) is 44.8 Å². The number of hydrogen-bond donors (Lipinski definition) is 0. The van der Waals surface area contributed by atoms with E-state index in [4.69, 9.17) is 14.2 Å². The van der Waals surface area contributed by atoms with Crippen molar-refractivity contribution in [3.63, 3.8) is 0 Å². The molecule has 4 nitrogen and oxygen atoms in total. The molecule has 0 aliphatic carbocycles. The molecule has 1 atom stereocenters. The molecule has 6 heteroatoms. The van der Waals surface area contributed by atoms with Crippen LogP contribution in [-0.4, -0.2) is 25.3 Å². The normalized spacial score (nSPS) is 10.8. The first-order valence-electron chi connectivity index (χ1n) is 12.0. The maximum absolute atomic E-state index is 13.4. The van der Waals surface area contributed by atoms with Crippen LogP contribution in [0.3, 0.4) is 0 Å². The number of rotatable bonds is 15. The summed E-state index contributed by atoms with van der Waals surface area (Å²) in [5.41, 5.74) is 2.92. The molecule has 0 radical (unpaired) electrons. The van der Waals surface area contributed by atoms with Gasteiger partial charge in [-0.1, -0.05) is 58.2 Å². The molecule has 0 N–H and O–H groups in total. The zero-order chi connectivity index (χ0) is 23.3. The van der Waals surface area contributed by atoms with Gasteiger partial charge in [-0.25, -0.2) is 0 Å². The second-order valence-corrected chi connectivity index (χ2v) is 9.33. The van der Waals surface area contributed by atoms with E-state index in [1.165, 1.54) is 0 Å². The minimum Gasteiger partial charge on any atom is -1.00 e. The molecular weight excluding hydrogens is 426 g/mol. The van der Waals surface area contributed by atoms with Crippen molar-refractivity contribution in [3.8, 4) is 17.2 Å². The van der Waals surface area contributed by atoms with Gasteiger partial charge in [-0.2, -0.15) is 0 Å². The summed E-state index contributed by atoms with van der Waals surface area (Å²) in [5.74, 6) is 2.15. The second-order valence-electron chi connectivity index (χ2n) is 8.12. The number of benzene rings is 2. The van der Waals surface area contributed by atoms with Crippen molar-refractivity contribution in [1.82, 2.24) is 0 Å². The quantitative estimate of drug-likeness (QED) is 0.225. The van der Waals surface area contributed by atoms with E-state index in [1.807, 2.05) is 44.2 Å². The Morgan fingerprint density at radius 3 is 1.73 bits per heavy atom. The molecule has 0 spiro atoms. The van der Waals surface area contributed by atoms with Crippen LogP contribution in [0.1, 0.15) is 82.2 Å². The molecule has 0 aliphatic rings. The number of ether oxygens (including phenoxy) is 3. The fraction of sp³-hybridized carbons (Fsp3) is 0.519. The maximum atomic E-state index is 13.4. The Bertz CT molecular complexity index is 824. The van der Waals surface area contributed by atoms with Gasteiger partial charge in [0.25, 0.3) is 0 Å². The minimum absolute atomic E-state index is 0. The Kier molecular flexibility index (Phi) is 14.5. The van der Waals surface area contributed by atoms with Crippen LogP contribution in [0.5, 0.6) is 17.2 Å². The fourth-order valence-electron chi connectivity index (χ4n) is 3.34. The van der Waals surface area contributed by atoms with Gasteiger partial charge in [-0.05, 0) is 52.8 Å². The summed E-state index contributed by atoms with van der Waals surface area (Å²) in [6.07, 6.45) is 6.08. The van der Waals surface area contributed by atoms with E-state index in [1.54, 1.807) is 0 Å². The third-order valence-electron chi connectivity index (χ3n) is 5.26. The van der Waals surface area contributed by atoms with Gasteiger partial charge in [0.2, 0.25) is 0 Å². The van der Waals surface area contributed by atoms with Crippen LogP contribution in [0, 0.1) is 13.8 Å². The fourth-order valence-corrected chi connectivity index (χ4v) is 4.62. The third kappa shape index (κ3) is 9.36. The van der Waals surface area contributed by atoms with Gasteiger partial charge in [0.15, 0.2) is 5.52 Å². The van der Waals surface area contributed by atoms with Crippen LogP contribution >= 0.6 is 8.58 Å². The molecule has 0 saturated carbocycles. The van der Waals surface area contributed by atoms with Crippen LogP contribution in [0.4, 0.5) is 0 Å². The standard InChI is InChI=1S/C27H39O4P.Li.H/c1-6-9-15-29-22-18-23(30-16-10-7-2)26(24(19-22)31-17-11-8-3)32-27(28)25-20(4)13-12-14-21(25)5;;/h12-14,18-19,32H,6-11,15-17H2,1-5H3;;/q;+1;-1. The van der Waals surface area contributed by atoms with Crippen molar-refractivity contribution < 1.29 is 39.3 Å². The molecule has 2 aromatic carbocycles. The van der Waals surface area contributed by atoms with E-state index in [0.29, 0.717) is 31.3 Å². The first kappa shape index (κ1) is 29.6. The first-order valence-corrected chi connectivity index (χ1v) is 13.0. The molecule has 0 amide bonds. The number of aryl methyl sites for hydroxylation is 2. The average molecular weight is 467 g/mol. The summed E-state index contributed by atoms with van der Waals surface area (Å²) < 4.78 is 18.3. The zero-order valence-corrected chi connectivity index (χ0v) is 22.4. The van der Waals surface area contributed by atoms with Gasteiger partial charge in [-0.3, -0.25) is 4.79 Å². The molecular formula is C27H40LiO4P. The average Bonchev–Trinajstić information content (AvgIpc) is 2.76. The van der Waals surface area contributed by atoms with E-state index in [0.717, 1.165) is 66.3 Å². The third-order valence-corrected chi connectivity index (χ3v) is 6.48. The predicted molar refractivity (Wildman–Crippen MR) is 137 cm³/mol. The van der Waals surface area contributed by atoms with E-state index in [2.05, 4.69) is 20.8 Å². The van der Waals surface area contributed by atoms with E-state index < -0.39 is 0 Å². The van der Waals surface area contributed by atoms with Crippen LogP contribution in [0.15, 0.2) is 30.3 Å². The zero-order valence-electron chi connectivity index (χ0n) is 22.4. The van der Waals surface area contributed by atoms with Crippen LogP contribution in [0.2, 0.25) is 0 Å². The largest absolute Gasteiger partial charge is 1.00 e. The van der Waals surface area contributed by atoms with Crippen molar-refractivity contribution in [2.45, 2.75) is 73.1 Å². The number of unbranched alkanes of at least 4 members (excludes halogenated alkanes) is 3. The Hall–Kier alpha value is -1.46. The molecule has 2 rings (SSSR count). The Balaban J connectivity index is 0.00000544. The van der Waals surface area contributed by atoms with Crippen molar-refractivity contribution in [2.24, 2.45) is 0 Å². The summed E-state index contributed by atoms with van der Waals surface area (Å²) in [4.78, 5) is 13.4. The van der Waals surface area contributed by atoms with E-state index >= 15 is 0 Å². The van der Waals surface area contributed by atoms with Gasteiger partial charge in [0, 0.05) is 17.7 Å². The van der Waals surface area contributed by atoms with Gasteiger partial charge in [0.1, 0.15) is 17.2 Å². The summed E-state index contributed by atoms with van der Waals surface area (Å²) in [6, 6.07) is 9.83. The SMILES string of the molecule is CCCCOc1cc(OCCCC)c(PC(=O)c2c(C)cccc2C)c(OCCCC)c1.[H-].[Li+]. The second kappa shape index (κ2) is 16.2. The molecule has 178 valence electrons. The molecule has 0 fully saturated rings. The van der Waals surface area contributed by atoms with E-state index in [9.17, 15) is 4.79 Å². The molecule has 33 heavy (non-hydrogen) atoms. The molecule has 0 bridgehead atoms. The van der Waals surface area contributed by atoms with Crippen LogP contribution < -0.4 is 38.4 Å². The van der Waals surface area contributed by atoms with E-state index in [-0.39, 0.29) is 34.4 Å². The molecule has 1 unspecified atom stereocenters. The van der Waals surface area contributed by atoms with Crippen molar-refractivity contribution in [3.05, 3.63) is 47.0 Å². The maximum Gasteiger partial charge on any atom is 1.00 e. The smallest absolute Gasteiger partial charge is 1.00 e. The van der Waals surface area contributed by atoms with Crippen molar-refractivity contribution in [2.75, 3.05) is 19.8 Å². The Labute approximate surface area is 215 Å². The summed E-state index contributed by atoms with van der Waals surface area (Å²) in [5, 5.41) is 0.840. The summed E-state index contributed by atoms with van der Waals surface area (Å²) in [7, 11) is -0.0757. The monoisotopic (exact) mass is 466 g/mol. The van der Waals surface area contributed by atoms with Gasteiger partial charge in [0.05, 0.1) is 25.1 Å². The first-order chi connectivity index (χ1) is 15.5. The number of carbonyl (C=O) groups is 1. The van der Waals surface area contributed by atoms with Gasteiger partial charge >= 0.3 is 18.9 Å². The number of carbonyl (C=O) groups excluding carboxylic acids is 1. The van der Waals surface area contributed by atoms with Crippen molar-refractivity contribution in [1.29, 1.82) is 0 Å². The van der Waals surface area contributed by atoms with Crippen molar-refractivity contribution >= 4 is 19.4 Å². The molecule has 0 saturated heterocycles. The van der Waals surface area contributed by atoms with Gasteiger partial charge < -0.3 is 15.6 Å². The number of hydrogen-bond acceptors (Lipinski definition) is 4. The predicted octanol–water partition coefficient (Wildman–Crippen LogP) is 4.10. The van der Waals surface area contributed by atoms with Crippen LogP contribution in [-0.2, 0) is 0 Å². The molecule has 2 aromatic rings. The molecule has 0 aliphatic heterocycles. The van der Waals surface area contributed by atoms with Gasteiger partial charge in [-0.15, -0.1) is 0 Å². The summed E-state index contributed by atoms with van der Waals surface area (Å²) >= 11 is 0. The molecule has 0 aromatic heterocycles. The van der Waals surface area contributed by atoms with Crippen LogP contribution in [0.25, 0.3) is 0 Å².